The van der Waals surface area contributed by atoms with E-state index in [-0.39, 0.29) is 0 Å². The van der Waals surface area contributed by atoms with Crippen LogP contribution in [0.5, 0.6) is 17.2 Å². The molecule has 0 aliphatic heterocycles. The zero-order valence-corrected chi connectivity index (χ0v) is 15.5. The van der Waals surface area contributed by atoms with Gasteiger partial charge in [-0.2, -0.15) is 0 Å². The molecule has 1 aromatic heterocycles. The highest BCUT2D eigenvalue weighted by Gasteiger charge is 2.15. The van der Waals surface area contributed by atoms with Crippen LogP contribution in [0.1, 0.15) is 11.4 Å². The van der Waals surface area contributed by atoms with Gasteiger partial charge in [0.25, 0.3) is 0 Å². The Morgan fingerprint density at radius 1 is 1.08 bits per heavy atom. The molecule has 0 amide bonds. The third-order valence-corrected chi connectivity index (χ3v) is 4.27. The van der Waals surface area contributed by atoms with E-state index in [4.69, 9.17) is 24.9 Å². The van der Waals surface area contributed by atoms with Crippen molar-refractivity contribution in [3.05, 3.63) is 47.8 Å². The van der Waals surface area contributed by atoms with Crippen LogP contribution in [0.3, 0.4) is 0 Å². The third-order valence-electron chi connectivity index (χ3n) is 4.27. The van der Waals surface area contributed by atoms with Crippen molar-refractivity contribution in [1.82, 2.24) is 9.55 Å². The van der Waals surface area contributed by atoms with Crippen molar-refractivity contribution >= 4 is 11.0 Å². The van der Waals surface area contributed by atoms with E-state index in [0.29, 0.717) is 37.6 Å². The second-order valence-corrected chi connectivity index (χ2v) is 6.08. The number of ether oxygens (including phenoxy) is 3. The second-order valence-electron chi connectivity index (χ2n) is 6.08. The maximum Gasteiger partial charge on any atom is 0.163 e. The molecule has 138 valence electrons. The molecule has 26 heavy (non-hydrogen) atoms. The molecule has 0 aliphatic carbocycles. The number of fused-ring (bicyclic) bond motifs is 1. The van der Waals surface area contributed by atoms with E-state index >= 15 is 0 Å². The van der Waals surface area contributed by atoms with Gasteiger partial charge in [-0.3, -0.25) is 0 Å². The smallest absolute Gasteiger partial charge is 0.163 e. The van der Waals surface area contributed by atoms with Crippen LogP contribution in [0.4, 0.5) is 0 Å². The van der Waals surface area contributed by atoms with E-state index in [1.807, 2.05) is 30.3 Å². The highest BCUT2D eigenvalue weighted by Crippen LogP contribution is 2.32. The quantitative estimate of drug-likeness (QED) is 0.673. The van der Waals surface area contributed by atoms with Crippen molar-refractivity contribution in [2.24, 2.45) is 5.73 Å². The highest BCUT2D eigenvalue weighted by atomic mass is 16.5. The molecule has 1 heterocycles. The average Bonchev–Trinajstić information content (AvgIpc) is 2.97. The molecule has 0 saturated carbocycles. The molecule has 0 aliphatic rings. The number of hydrogen-bond donors (Lipinski definition) is 1. The van der Waals surface area contributed by atoms with Gasteiger partial charge in [-0.15, -0.1) is 0 Å². The average molecular weight is 355 g/mol. The molecule has 2 N–H and O–H groups in total. The molecular formula is C20H25N3O3. The van der Waals surface area contributed by atoms with Crippen LogP contribution in [-0.4, -0.2) is 36.9 Å². The molecule has 3 rings (SSSR count). The number of aromatic nitrogens is 2. The number of hydrogen-bond acceptors (Lipinski definition) is 5. The zero-order chi connectivity index (χ0) is 18.5. The summed E-state index contributed by atoms with van der Waals surface area (Å²) in [5, 5.41) is 0. The molecule has 0 atom stereocenters. The van der Waals surface area contributed by atoms with E-state index in [1.54, 1.807) is 14.2 Å². The summed E-state index contributed by atoms with van der Waals surface area (Å²) < 4.78 is 18.9. The summed E-state index contributed by atoms with van der Waals surface area (Å²) in [5.41, 5.74) is 8.79. The van der Waals surface area contributed by atoms with Crippen LogP contribution in [0.2, 0.25) is 0 Å². The summed E-state index contributed by atoms with van der Waals surface area (Å²) in [4.78, 5) is 4.72. The van der Waals surface area contributed by atoms with Crippen molar-refractivity contribution in [1.29, 1.82) is 0 Å². The standard InChI is InChI=1S/C20H25N3O3/c1-14-5-4-6-15(11-14)26-10-9-23-17-13-19(25-3)18(24-2)12-16(17)22-20(23)7-8-21/h4-6,11-13H,7-10,21H2,1-3H3. The Kier molecular flexibility index (Phi) is 5.63. The Hall–Kier alpha value is -2.73. The molecule has 0 spiro atoms. The predicted molar refractivity (Wildman–Crippen MR) is 102 cm³/mol. The normalized spacial score (nSPS) is 10.9. The monoisotopic (exact) mass is 355 g/mol. The van der Waals surface area contributed by atoms with E-state index in [1.165, 1.54) is 5.56 Å². The topological polar surface area (TPSA) is 71.5 Å². The molecule has 3 aromatic rings. The molecule has 0 fully saturated rings. The lowest BCUT2D eigenvalue weighted by Crippen LogP contribution is -2.14. The Morgan fingerprint density at radius 3 is 2.54 bits per heavy atom. The van der Waals surface area contributed by atoms with Gasteiger partial charge in [-0.1, -0.05) is 12.1 Å². The molecular weight excluding hydrogens is 330 g/mol. The van der Waals surface area contributed by atoms with Gasteiger partial charge in [0.1, 0.15) is 18.2 Å². The lowest BCUT2D eigenvalue weighted by molar-refractivity contribution is 0.298. The number of nitrogens with zero attached hydrogens (tertiary/aromatic N) is 2. The van der Waals surface area contributed by atoms with Crippen LogP contribution < -0.4 is 19.9 Å². The van der Waals surface area contributed by atoms with Crippen LogP contribution in [0.15, 0.2) is 36.4 Å². The Labute approximate surface area is 153 Å². The first-order valence-corrected chi connectivity index (χ1v) is 8.67. The number of nitrogens with two attached hydrogens (primary N) is 1. The lowest BCUT2D eigenvalue weighted by atomic mass is 10.2. The summed E-state index contributed by atoms with van der Waals surface area (Å²) in [7, 11) is 3.25. The van der Waals surface area contributed by atoms with Gasteiger partial charge in [0, 0.05) is 18.6 Å². The molecule has 6 nitrogen and oxygen atoms in total. The minimum atomic E-state index is 0.538. The highest BCUT2D eigenvalue weighted by molar-refractivity contribution is 5.80. The Bertz CT molecular complexity index is 889. The minimum absolute atomic E-state index is 0.538. The maximum absolute atomic E-state index is 5.91. The SMILES string of the molecule is COc1cc2nc(CCN)n(CCOc3cccc(C)c3)c2cc1OC. The van der Waals surface area contributed by atoms with E-state index in [9.17, 15) is 0 Å². The molecule has 6 heteroatoms. The molecule has 0 radical (unpaired) electrons. The summed E-state index contributed by atoms with van der Waals surface area (Å²) >= 11 is 0. The van der Waals surface area contributed by atoms with Crippen LogP contribution in [0, 0.1) is 6.92 Å². The first-order valence-electron chi connectivity index (χ1n) is 8.67. The lowest BCUT2D eigenvalue weighted by Gasteiger charge is -2.12. The first-order chi connectivity index (χ1) is 12.7. The van der Waals surface area contributed by atoms with Gasteiger partial charge < -0.3 is 24.5 Å². The molecule has 0 saturated heterocycles. The van der Waals surface area contributed by atoms with Crippen molar-refractivity contribution in [3.8, 4) is 17.2 Å². The fourth-order valence-corrected chi connectivity index (χ4v) is 3.03. The van der Waals surface area contributed by atoms with Gasteiger partial charge in [-0.25, -0.2) is 4.98 Å². The zero-order valence-electron chi connectivity index (χ0n) is 15.5. The van der Waals surface area contributed by atoms with Crippen LogP contribution in [0.25, 0.3) is 11.0 Å². The van der Waals surface area contributed by atoms with Gasteiger partial charge >= 0.3 is 0 Å². The van der Waals surface area contributed by atoms with Crippen LogP contribution >= 0.6 is 0 Å². The van der Waals surface area contributed by atoms with E-state index in [2.05, 4.69) is 17.6 Å². The number of methoxy groups -OCH3 is 2. The van der Waals surface area contributed by atoms with Crippen molar-refractivity contribution in [2.45, 2.75) is 19.9 Å². The van der Waals surface area contributed by atoms with E-state index < -0.39 is 0 Å². The summed E-state index contributed by atoms with van der Waals surface area (Å²) in [6.45, 7) is 3.81. The summed E-state index contributed by atoms with van der Waals surface area (Å²) in [6.07, 6.45) is 0.698. The van der Waals surface area contributed by atoms with Gasteiger partial charge in [0.2, 0.25) is 0 Å². The van der Waals surface area contributed by atoms with Crippen LogP contribution in [-0.2, 0) is 13.0 Å². The maximum atomic E-state index is 5.91. The number of aryl methyl sites for hydroxylation is 1. The minimum Gasteiger partial charge on any atom is -0.493 e. The number of benzene rings is 2. The number of rotatable bonds is 8. The van der Waals surface area contributed by atoms with Gasteiger partial charge in [0.15, 0.2) is 11.5 Å². The second kappa shape index (κ2) is 8.10. The summed E-state index contributed by atoms with van der Waals surface area (Å²) in [5.74, 6) is 3.15. The fourth-order valence-electron chi connectivity index (χ4n) is 3.03. The van der Waals surface area contributed by atoms with E-state index in [0.717, 1.165) is 22.6 Å². The fraction of sp³-hybridized carbons (Fsp3) is 0.350. The molecule has 0 bridgehead atoms. The van der Waals surface area contributed by atoms with Crippen molar-refractivity contribution in [3.63, 3.8) is 0 Å². The largest absolute Gasteiger partial charge is 0.493 e. The Morgan fingerprint density at radius 2 is 1.85 bits per heavy atom. The van der Waals surface area contributed by atoms with Crippen molar-refractivity contribution < 1.29 is 14.2 Å². The Balaban J connectivity index is 1.88. The first kappa shape index (κ1) is 18.1. The third kappa shape index (κ3) is 3.75. The van der Waals surface area contributed by atoms with Gasteiger partial charge in [0.05, 0.1) is 31.8 Å². The summed E-state index contributed by atoms with van der Waals surface area (Å²) in [6, 6.07) is 11.9. The molecule has 0 unspecified atom stereocenters. The van der Waals surface area contributed by atoms with Crippen molar-refractivity contribution in [2.75, 3.05) is 27.4 Å². The number of imidazole rings is 1. The molecule has 2 aromatic carbocycles. The predicted octanol–water partition coefficient (Wildman–Crippen LogP) is 2.94. The van der Waals surface area contributed by atoms with Gasteiger partial charge in [-0.05, 0) is 31.2 Å².